The van der Waals surface area contributed by atoms with Crippen LogP contribution in [0.1, 0.15) is 53.3 Å². The van der Waals surface area contributed by atoms with Crippen LogP contribution in [-0.2, 0) is 18.4 Å². The van der Waals surface area contributed by atoms with E-state index in [1.54, 1.807) is 0 Å². The van der Waals surface area contributed by atoms with Crippen molar-refractivity contribution < 1.29 is 14.1 Å². The molecule has 0 amide bonds. The molecule has 0 spiro atoms. The van der Waals surface area contributed by atoms with Crippen molar-refractivity contribution in [3.05, 3.63) is 69.5 Å². The molecule has 1 aliphatic heterocycles. The Labute approximate surface area is 219 Å². The van der Waals surface area contributed by atoms with Gasteiger partial charge >= 0.3 is 0 Å². The minimum Gasteiger partial charge on any atom is -0.373 e. The molecule has 0 unspecified atom stereocenters. The number of halogens is 2. The second kappa shape index (κ2) is 9.58. The van der Waals surface area contributed by atoms with E-state index in [-0.39, 0.29) is 6.10 Å². The summed E-state index contributed by atoms with van der Waals surface area (Å²) < 4.78 is 14.2. The van der Waals surface area contributed by atoms with Crippen molar-refractivity contribution in [2.24, 2.45) is 7.05 Å². The molecule has 0 atom stereocenters. The summed E-state index contributed by atoms with van der Waals surface area (Å²) in [5.74, 6) is 1.31. The van der Waals surface area contributed by atoms with Crippen LogP contribution < -0.4 is 4.90 Å². The van der Waals surface area contributed by atoms with E-state index < -0.39 is 0 Å². The molecule has 1 aliphatic carbocycles. The molecule has 2 aromatic carbocycles. The monoisotopic (exact) mass is 523 g/mol. The maximum Gasteiger partial charge on any atom is 0.152 e. The zero-order chi connectivity index (χ0) is 24.8. The van der Waals surface area contributed by atoms with Gasteiger partial charge in [-0.2, -0.15) is 0 Å². The lowest BCUT2D eigenvalue weighted by molar-refractivity contribution is 0.0246. The quantitative estimate of drug-likeness (QED) is 0.243. The minimum atomic E-state index is 0.151. The van der Waals surface area contributed by atoms with Gasteiger partial charge in [0.1, 0.15) is 11.5 Å². The van der Waals surface area contributed by atoms with Crippen molar-refractivity contribution >= 4 is 46.1 Å². The lowest BCUT2D eigenvalue weighted by atomic mass is 10.0. The second-order valence-corrected chi connectivity index (χ2v) is 10.6. The predicted octanol–water partition coefficient (Wildman–Crippen LogP) is 7.02. The third-order valence-electron chi connectivity index (χ3n) is 7.37. The third kappa shape index (κ3) is 4.32. The number of aromatic nitrogens is 2. The largest absolute Gasteiger partial charge is 0.373 e. The number of piperidine rings is 1. The highest BCUT2D eigenvalue weighted by Crippen LogP contribution is 2.46. The van der Waals surface area contributed by atoms with Gasteiger partial charge in [0, 0.05) is 60.0 Å². The number of aldehydes is 1. The van der Waals surface area contributed by atoms with Gasteiger partial charge in [0.25, 0.3) is 0 Å². The summed E-state index contributed by atoms with van der Waals surface area (Å²) in [5.41, 5.74) is 5.33. The number of fused-ring (bicyclic) bond motifs is 1. The van der Waals surface area contributed by atoms with E-state index in [1.165, 1.54) is 5.69 Å². The van der Waals surface area contributed by atoms with Crippen molar-refractivity contribution in [1.29, 1.82) is 0 Å². The molecule has 4 aromatic rings. The highest BCUT2D eigenvalue weighted by Gasteiger charge is 2.34. The second-order valence-electron chi connectivity index (χ2n) is 9.76. The van der Waals surface area contributed by atoms with Crippen LogP contribution in [0.15, 0.2) is 47.1 Å². The van der Waals surface area contributed by atoms with Crippen molar-refractivity contribution in [2.75, 3.05) is 18.0 Å². The Bertz CT molecular complexity index is 1410. The molecule has 2 aromatic heterocycles. The number of hydrogen-bond acceptors (Lipinski definition) is 5. The Balaban J connectivity index is 1.15. The summed E-state index contributed by atoms with van der Waals surface area (Å²) in [7, 11) is 1.98. The van der Waals surface area contributed by atoms with Gasteiger partial charge in [-0.05, 0) is 49.9 Å². The molecule has 0 bridgehead atoms. The van der Waals surface area contributed by atoms with E-state index in [2.05, 4.69) is 22.2 Å². The molecule has 2 fully saturated rings. The average Bonchev–Trinajstić information content (AvgIpc) is 3.58. The standard InChI is InChI=1S/C28H27Cl2N3O3/c1-32-14-18(15-34)21-8-7-19(13-25(21)32)33-11-9-20(10-12-33)35-16-22-27(31-36-28(22)17-5-6-17)26-23(29)3-2-4-24(26)30/h2-4,7-8,13-15,17,20H,5-6,9-12,16H2,1H3. The third-order valence-corrected chi connectivity index (χ3v) is 8.00. The fraction of sp³-hybridized carbons (Fsp3) is 0.357. The molecule has 1 saturated heterocycles. The number of nitrogens with zero attached hydrogens (tertiary/aromatic N) is 3. The Morgan fingerprint density at radius 1 is 1.11 bits per heavy atom. The SMILES string of the molecule is Cn1cc(C=O)c2ccc(N3CCC(OCc4c(-c5c(Cl)cccc5Cl)noc4C4CC4)CC3)cc21. The van der Waals surface area contributed by atoms with Gasteiger partial charge in [-0.1, -0.05) is 40.5 Å². The van der Waals surface area contributed by atoms with Crippen molar-refractivity contribution in [3.8, 4) is 11.3 Å². The number of ether oxygens (including phenoxy) is 1. The maximum atomic E-state index is 11.3. The average molecular weight is 524 g/mol. The fourth-order valence-corrected chi connectivity index (χ4v) is 5.80. The predicted molar refractivity (Wildman–Crippen MR) is 142 cm³/mol. The molecule has 8 heteroatoms. The van der Waals surface area contributed by atoms with E-state index in [9.17, 15) is 4.79 Å². The number of rotatable bonds is 7. The van der Waals surface area contributed by atoms with Crippen LogP contribution >= 0.6 is 23.2 Å². The Morgan fingerprint density at radius 3 is 2.56 bits per heavy atom. The topological polar surface area (TPSA) is 60.5 Å². The molecular formula is C28H27Cl2N3O3. The molecule has 0 N–H and O–H groups in total. The molecule has 36 heavy (non-hydrogen) atoms. The van der Waals surface area contributed by atoms with Gasteiger partial charge in [-0.15, -0.1) is 0 Å². The summed E-state index contributed by atoms with van der Waals surface area (Å²) in [5, 5.41) is 6.48. The van der Waals surface area contributed by atoms with Gasteiger partial charge in [0.15, 0.2) is 6.29 Å². The molecule has 2 aliphatic rings. The first kappa shape index (κ1) is 23.6. The molecule has 186 valence electrons. The van der Waals surface area contributed by atoms with Crippen LogP contribution in [0.4, 0.5) is 5.69 Å². The van der Waals surface area contributed by atoms with E-state index in [4.69, 9.17) is 32.5 Å². The summed E-state index contributed by atoms with van der Waals surface area (Å²) in [6.07, 6.45) is 7.02. The Morgan fingerprint density at radius 2 is 1.86 bits per heavy atom. The van der Waals surface area contributed by atoms with Crippen LogP contribution in [0.25, 0.3) is 22.2 Å². The molecule has 6 nitrogen and oxygen atoms in total. The number of benzene rings is 2. The Kier molecular flexibility index (Phi) is 6.28. The van der Waals surface area contributed by atoms with Crippen LogP contribution in [0.5, 0.6) is 0 Å². The van der Waals surface area contributed by atoms with Crippen LogP contribution in [0.3, 0.4) is 0 Å². The van der Waals surface area contributed by atoms with Crippen molar-refractivity contribution in [2.45, 2.75) is 44.3 Å². The number of hydrogen-bond donors (Lipinski definition) is 0. The van der Waals surface area contributed by atoms with E-state index in [1.807, 2.05) is 42.1 Å². The first-order chi connectivity index (χ1) is 17.5. The summed E-state index contributed by atoms with van der Waals surface area (Å²) in [6.45, 7) is 2.24. The molecule has 3 heterocycles. The number of anilines is 1. The zero-order valence-corrected chi connectivity index (χ0v) is 21.6. The first-order valence-corrected chi connectivity index (χ1v) is 13.1. The normalized spacial score (nSPS) is 16.7. The number of aryl methyl sites for hydroxylation is 1. The highest BCUT2D eigenvalue weighted by atomic mass is 35.5. The summed E-state index contributed by atoms with van der Waals surface area (Å²) in [6, 6.07) is 11.8. The summed E-state index contributed by atoms with van der Waals surface area (Å²) in [4.78, 5) is 13.7. The zero-order valence-electron chi connectivity index (χ0n) is 20.0. The lowest BCUT2D eigenvalue weighted by Crippen LogP contribution is -2.37. The molecular weight excluding hydrogens is 497 g/mol. The van der Waals surface area contributed by atoms with E-state index in [0.29, 0.717) is 33.8 Å². The molecule has 1 saturated carbocycles. The number of carbonyl (C=O) groups is 1. The van der Waals surface area contributed by atoms with Gasteiger partial charge in [-0.25, -0.2) is 0 Å². The Hall–Kier alpha value is -2.80. The maximum absolute atomic E-state index is 11.3. The van der Waals surface area contributed by atoms with Gasteiger partial charge in [0.2, 0.25) is 0 Å². The first-order valence-electron chi connectivity index (χ1n) is 12.4. The van der Waals surface area contributed by atoms with Crippen molar-refractivity contribution in [3.63, 3.8) is 0 Å². The van der Waals surface area contributed by atoms with Gasteiger partial charge in [-0.3, -0.25) is 4.79 Å². The van der Waals surface area contributed by atoms with E-state index >= 15 is 0 Å². The molecule has 6 rings (SSSR count). The molecule has 0 radical (unpaired) electrons. The van der Waals surface area contributed by atoms with Crippen LogP contribution in [0.2, 0.25) is 10.0 Å². The van der Waals surface area contributed by atoms with Gasteiger partial charge < -0.3 is 18.7 Å². The summed E-state index contributed by atoms with van der Waals surface area (Å²) >= 11 is 13.0. The van der Waals surface area contributed by atoms with Gasteiger partial charge in [0.05, 0.1) is 28.3 Å². The highest BCUT2D eigenvalue weighted by molar-refractivity contribution is 6.39. The minimum absolute atomic E-state index is 0.151. The van der Waals surface area contributed by atoms with E-state index in [0.717, 1.165) is 72.8 Å². The fourth-order valence-electron chi connectivity index (χ4n) is 5.22. The lowest BCUT2D eigenvalue weighted by Gasteiger charge is -2.33. The van der Waals surface area contributed by atoms with Crippen LogP contribution in [0, 0.1) is 0 Å². The number of carbonyl (C=O) groups excluding carboxylic acids is 1. The smallest absolute Gasteiger partial charge is 0.152 e. The van der Waals surface area contributed by atoms with Crippen molar-refractivity contribution in [1.82, 2.24) is 9.72 Å². The van der Waals surface area contributed by atoms with Crippen LogP contribution in [-0.4, -0.2) is 35.2 Å².